The molecule has 8 heteroatoms. The maximum Gasteiger partial charge on any atom is 0.229 e. The molecule has 0 bridgehead atoms. The first-order chi connectivity index (χ1) is 15.8. The second-order valence-electron chi connectivity index (χ2n) is 9.42. The number of hydrogen-bond donors (Lipinski definition) is 1. The van der Waals surface area contributed by atoms with Crippen molar-refractivity contribution < 1.29 is 0 Å². The van der Waals surface area contributed by atoms with E-state index >= 15 is 0 Å². The fraction of sp³-hybridized carbons (Fsp3) is 0.583. The van der Waals surface area contributed by atoms with E-state index in [0.29, 0.717) is 18.0 Å². The van der Waals surface area contributed by atoms with E-state index in [1.165, 1.54) is 51.6 Å². The van der Waals surface area contributed by atoms with E-state index in [2.05, 4.69) is 60.0 Å². The fourth-order valence-corrected chi connectivity index (χ4v) is 5.88. The number of anilines is 2. The highest BCUT2D eigenvalue weighted by Gasteiger charge is 2.38. The van der Waals surface area contributed by atoms with Gasteiger partial charge in [0.15, 0.2) is 11.6 Å². The van der Waals surface area contributed by atoms with Gasteiger partial charge in [-0.3, -0.25) is 9.47 Å². The zero-order chi connectivity index (χ0) is 21.5. The fourth-order valence-electron chi connectivity index (χ4n) is 5.88. The van der Waals surface area contributed by atoms with Crippen molar-refractivity contribution in [3.63, 3.8) is 0 Å². The SMILES string of the molecule is CC[C@@H]1c2nncn2-c2cnc(NC3=CCC(N4CCCC4)C=C3)nc2N1C1CCCC1. The molecule has 1 saturated heterocycles. The molecule has 1 saturated carbocycles. The summed E-state index contributed by atoms with van der Waals surface area (Å²) < 4.78 is 2.07. The number of likely N-dealkylation sites (tertiary alicyclic amines) is 1. The molecule has 2 aliphatic carbocycles. The molecule has 2 aromatic heterocycles. The lowest BCUT2D eigenvalue weighted by atomic mass is 10.0. The summed E-state index contributed by atoms with van der Waals surface area (Å²) in [6.07, 6.45) is 20.2. The van der Waals surface area contributed by atoms with Gasteiger partial charge in [-0.15, -0.1) is 10.2 Å². The minimum atomic E-state index is 0.200. The zero-order valence-corrected chi connectivity index (χ0v) is 18.8. The summed E-state index contributed by atoms with van der Waals surface area (Å²) in [5.74, 6) is 2.67. The standard InChI is InChI=1S/C24H32N8/c1-2-20-23-29-26-16-31(23)21-15-25-24(28-22(21)32(20)19-7-3-4-8-19)27-17-9-11-18(12-10-17)30-13-5-6-14-30/h9-11,15-16,18-20H,2-8,12-14H2,1H3,(H,25,27,28)/t18?,20-/m1/s1. The van der Waals surface area contributed by atoms with Gasteiger partial charge < -0.3 is 10.2 Å². The van der Waals surface area contributed by atoms with Crippen LogP contribution in [0.25, 0.3) is 5.69 Å². The highest BCUT2D eigenvalue weighted by molar-refractivity contribution is 5.64. The van der Waals surface area contributed by atoms with E-state index in [0.717, 1.165) is 35.9 Å². The summed E-state index contributed by atoms with van der Waals surface area (Å²) in [6, 6.07) is 1.23. The summed E-state index contributed by atoms with van der Waals surface area (Å²) in [5, 5.41) is 12.1. The van der Waals surface area contributed by atoms with E-state index in [1.54, 1.807) is 6.33 Å². The van der Waals surface area contributed by atoms with E-state index in [4.69, 9.17) is 4.98 Å². The Morgan fingerprint density at radius 1 is 1.12 bits per heavy atom. The molecule has 2 aromatic rings. The van der Waals surface area contributed by atoms with Gasteiger partial charge in [-0.05, 0) is 57.7 Å². The van der Waals surface area contributed by atoms with Crippen LogP contribution in [0.4, 0.5) is 11.8 Å². The topological polar surface area (TPSA) is 75.0 Å². The molecule has 2 fully saturated rings. The molecule has 4 heterocycles. The Labute approximate surface area is 189 Å². The van der Waals surface area contributed by atoms with Crippen molar-refractivity contribution >= 4 is 11.8 Å². The van der Waals surface area contributed by atoms with Crippen molar-refractivity contribution in [2.45, 2.75) is 76.4 Å². The van der Waals surface area contributed by atoms with E-state index in [-0.39, 0.29) is 6.04 Å². The van der Waals surface area contributed by atoms with Gasteiger partial charge >= 0.3 is 0 Å². The number of fused-ring (bicyclic) bond motifs is 3. The zero-order valence-electron chi connectivity index (χ0n) is 18.8. The maximum atomic E-state index is 5.05. The third-order valence-corrected chi connectivity index (χ3v) is 7.51. The minimum absolute atomic E-state index is 0.200. The molecule has 0 radical (unpaired) electrons. The van der Waals surface area contributed by atoms with E-state index in [1.807, 2.05) is 6.20 Å². The summed E-state index contributed by atoms with van der Waals surface area (Å²) in [7, 11) is 0. The summed E-state index contributed by atoms with van der Waals surface area (Å²) in [5.41, 5.74) is 2.06. The lowest BCUT2D eigenvalue weighted by Crippen LogP contribution is -2.42. The van der Waals surface area contributed by atoms with Gasteiger partial charge in [-0.2, -0.15) is 4.98 Å². The van der Waals surface area contributed by atoms with E-state index in [9.17, 15) is 0 Å². The Kier molecular flexibility index (Phi) is 5.17. The highest BCUT2D eigenvalue weighted by atomic mass is 15.4. The van der Waals surface area contributed by atoms with Crippen LogP contribution in [-0.2, 0) is 0 Å². The van der Waals surface area contributed by atoms with Crippen LogP contribution in [0.1, 0.15) is 70.2 Å². The van der Waals surface area contributed by atoms with Crippen LogP contribution in [0.2, 0.25) is 0 Å². The first-order valence-corrected chi connectivity index (χ1v) is 12.3. The first-order valence-electron chi connectivity index (χ1n) is 12.3. The molecule has 1 unspecified atom stereocenters. The third kappa shape index (κ3) is 3.41. The highest BCUT2D eigenvalue weighted by Crippen LogP contribution is 2.42. The second kappa shape index (κ2) is 8.31. The quantitative estimate of drug-likeness (QED) is 0.766. The molecular weight excluding hydrogens is 400 g/mol. The monoisotopic (exact) mass is 432 g/mol. The molecule has 2 atom stereocenters. The molecule has 0 spiro atoms. The number of hydrogen-bond acceptors (Lipinski definition) is 7. The van der Waals surface area contributed by atoms with Crippen LogP contribution in [0.5, 0.6) is 0 Å². The molecular formula is C24H32N8. The van der Waals surface area contributed by atoms with Gasteiger partial charge in [0.05, 0.1) is 12.2 Å². The van der Waals surface area contributed by atoms with Crippen LogP contribution >= 0.6 is 0 Å². The lowest BCUT2D eigenvalue weighted by molar-refractivity contribution is 0.283. The maximum absolute atomic E-state index is 5.05. The molecule has 6 rings (SSSR count). The first kappa shape index (κ1) is 19.9. The molecule has 0 aromatic carbocycles. The smallest absolute Gasteiger partial charge is 0.229 e. The normalized spacial score (nSPS) is 25.7. The Hall–Kier alpha value is -2.74. The van der Waals surface area contributed by atoms with Gasteiger partial charge in [0, 0.05) is 17.8 Å². The summed E-state index contributed by atoms with van der Waals surface area (Å²) in [4.78, 5) is 14.8. The van der Waals surface area contributed by atoms with Crippen molar-refractivity contribution in [3.8, 4) is 5.69 Å². The Morgan fingerprint density at radius 2 is 1.97 bits per heavy atom. The van der Waals surface area contributed by atoms with Crippen molar-refractivity contribution in [1.29, 1.82) is 0 Å². The van der Waals surface area contributed by atoms with Crippen LogP contribution in [0, 0.1) is 0 Å². The molecule has 8 nitrogen and oxygen atoms in total. The molecule has 168 valence electrons. The number of rotatable bonds is 5. The lowest BCUT2D eigenvalue weighted by Gasteiger charge is -2.40. The Bertz CT molecular complexity index is 1030. The number of allylic oxidation sites excluding steroid dienone is 1. The molecule has 0 amide bonds. The third-order valence-electron chi connectivity index (χ3n) is 7.51. The van der Waals surface area contributed by atoms with Crippen molar-refractivity contribution in [3.05, 3.63) is 42.3 Å². The molecule has 32 heavy (non-hydrogen) atoms. The van der Waals surface area contributed by atoms with Crippen LogP contribution in [0.15, 0.2) is 36.4 Å². The van der Waals surface area contributed by atoms with Gasteiger partial charge in [-0.1, -0.05) is 31.9 Å². The van der Waals surface area contributed by atoms with Crippen molar-refractivity contribution in [1.82, 2.24) is 29.6 Å². The van der Waals surface area contributed by atoms with Gasteiger partial charge in [-0.25, -0.2) is 4.98 Å². The van der Waals surface area contributed by atoms with Gasteiger partial charge in [0.1, 0.15) is 12.0 Å². The van der Waals surface area contributed by atoms with Crippen LogP contribution in [-0.4, -0.2) is 54.8 Å². The summed E-state index contributed by atoms with van der Waals surface area (Å²) in [6.45, 7) is 4.67. The second-order valence-corrected chi connectivity index (χ2v) is 9.42. The van der Waals surface area contributed by atoms with Crippen LogP contribution < -0.4 is 10.2 Å². The largest absolute Gasteiger partial charge is 0.341 e. The Balaban J connectivity index is 1.28. The van der Waals surface area contributed by atoms with Crippen molar-refractivity contribution in [2.24, 2.45) is 0 Å². The summed E-state index contributed by atoms with van der Waals surface area (Å²) >= 11 is 0. The van der Waals surface area contributed by atoms with E-state index < -0.39 is 0 Å². The molecule has 2 aliphatic heterocycles. The molecule has 4 aliphatic rings. The predicted octanol–water partition coefficient (Wildman–Crippen LogP) is 3.99. The average Bonchev–Trinajstić information content (AvgIpc) is 3.61. The predicted molar refractivity (Wildman–Crippen MR) is 125 cm³/mol. The van der Waals surface area contributed by atoms with Crippen LogP contribution in [0.3, 0.4) is 0 Å². The number of nitrogens with one attached hydrogen (secondary N) is 1. The number of nitrogens with zero attached hydrogens (tertiary/aromatic N) is 7. The number of aromatic nitrogens is 5. The van der Waals surface area contributed by atoms with Crippen molar-refractivity contribution in [2.75, 3.05) is 23.3 Å². The average molecular weight is 433 g/mol. The van der Waals surface area contributed by atoms with Gasteiger partial charge in [0.2, 0.25) is 5.95 Å². The Morgan fingerprint density at radius 3 is 2.72 bits per heavy atom. The molecule has 1 N–H and O–H groups in total. The minimum Gasteiger partial charge on any atom is -0.341 e. The van der Waals surface area contributed by atoms with Gasteiger partial charge in [0.25, 0.3) is 0 Å².